The minimum atomic E-state index is -0.0562. The Morgan fingerprint density at radius 1 is 1.42 bits per heavy atom. The Labute approximate surface area is 121 Å². The second kappa shape index (κ2) is 6.62. The zero-order valence-electron chi connectivity index (χ0n) is 11.9. The second-order valence-corrected chi connectivity index (χ2v) is 6.09. The Hall–Kier alpha value is -0.730. The van der Waals surface area contributed by atoms with Crippen molar-refractivity contribution in [2.24, 2.45) is 11.7 Å². The minimum Gasteiger partial charge on any atom is -0.490 e. The number of hydrogen-bond donors (Lipinski definition) is 1. The molecule has 3 atom stereocenters. The molecule has 1 saturated carbocycles. The first kappa shape index (κ1) is 14.7. The lowest BCUT2D eigenvalue weighted by Gasteiger charge is -2.30. The molecule has 1 aromatic rings. The topological polar surface area (TPSA) is 35.2 Å². The highest BCUT2D eigenvalue weighted by Gasteiger charge is 2.23. The molecule has 0 aliphatic heterocycles. The van der Waals surface area contributed by atoms with Gasteiger partial charge in [-0.3, -0.25) is 0 Å². The van der Waals surface area contributed by atoms with E-state index in [0.717, 1.165) is 35.1 Å². The standard InChI is InChI=1S/C16H24ClNO/c1-3-12-5-4-6-14(9-12)19-16-8-7-13(17)10-15(16)11(2)18/h7-8,10-12,14H,3-6,9,18H2,1-2H3. The van der Waals surface area contributed by atoms with Crippen molar-refractivity contribution in [1.82, 2.24) is 0 Å². The molecule has 2 rings (SSSR count). The molecular weight excluding hydrogens is 258 g/mol. The van der Waals surface area contributed by atoms with Crippen molar-refractivity contribution in [3.8, 4) is 5.75 Å². The predicted molar refractivity (Wildman–Crippen MR) is 80.7 cm³/mol. The van der Waals surface area contributed by atoms with Gasteiger partial charge in [-0.25, -0.2) is 0 Å². The molecule has 0 radical (unpaired) electrons. The Kier molecular flexibility index (Phi) is 5.12. The first-order valence-corrected chi connectivity index (χ1v) is 7.69. The predicted octanol–water partition coefficient (Wildman–Crippen LogP) is 4.71. The van der Waals surface area contributed by atoms with Crippen molar-refractivity contribution < 1.29 is 4.74 Å². The van der Waals surface area contributed by atoms with Crippen LogP contribution >= 0.6 is 11.6 Å². The lowest BCUT2D eigenvalue weighted by molar-refractivity contribution is 0.120. The summed E-state index contributed by atoms with van der Waals surface area (Å²) in [4.78, 5) is 0. The lowest BCUT2D eigenvalue weighted by atomic mass is 9.85. The van der Waals surface area contributed by atoms with Crippen molar-refractivity contribution >= 4 is 11.6 Å². The van der Waals surface area contributed by atoms with Crippen molar-refractivity contribution in [2.45, 2.75) is 58.1 Å². The molecule has 0 heterocycles. The third-order valence-corrected chi connectivity index (χ3v) is 4.30. The molecule has 1 aromatic carbocycles. The van der Waals surface area contributed by atoms with Crippen LogP contribution in [-0.2, 0) is 0 Å². The molecule has 1 aliphatic rings. The van der Waals surface area contributed by atoms with E-state index in [9.17, 15) is 0 Å². The molecule has 1 aliphatic carbocycles. The van der Waals surface area contributed by atoms with Crippen LogP contribution in [0.25, 0.3) is 0 Å². The SMILES string of the molecule is CCC1CCCC(Oc2ccc(Cl)cc2C(C)N)C1. The maximum absolute atomic E-state index is 6.20. The molecule has 106 valence electrons. The summed E-state index contributed by atoms with van der Waals surface area (Å²) < 4.78 is 6.20. The van der Waals surface area contributed by atoms with Crippen LogP contribution in [0.2, 0.25) is 5.02 Å². The summed E-state index contributed by atoms with van der Waals surface area (Å²) in [5, 5.41) is 0.717. The Balaban J connectivity index is 2.10. The average Bonchev–Trinajstić information content (AvgIpc) is 2.41. The summed E-state index contributed by atoms with van der Waals surface area (Å²) in [5.41, 5.74) is 7.01. The van der Waals surface area contributed by atoms with Gasteiger partial charge >= 0.3 is 0 Å². The van der Waals surface area contributed by atoms with Gasteiger partial charge in [0.2, 0.25) is 0 Å². The Bertz CT molecular complexity index is 419. The average molecular weight is 282 g/mol. The van der Waals surface area contributed by atoms with E-state index in [1.807, 2.05) is 25.1 Å². The quantitative estimate of drug-likeness (QED) is 0.868. The van der Waals surface area contributed by atoms with Crippen molar-refractivity contribution in [1.29, 1.82) is 0 Å². The smallest absolute Gasteiger partial charge is 0.124 e. The molecule has 0 saturated heterocycles. The molecule has 1 fully saturated rings. The summed E-state index contributed by atoms with van der Waals surface area (Å²) in [5.74, 6) is 1.71. The third-order valence-electron chi connectivity index (χ3n) is 4.07. The molecule has 0 bridgehead atoms. The molecular formula is C16H24ClNO. The molecule has 0 spiro atoms. The summed E-state index contributed by atoms with van der Waals surface area (Å²) in [7, 11) is 0. The number of nitrogens with two attached hydrogens (primary N) is 1. The third kappa shape index (κ3) is 3.87. The highest BCUT2D eigenvalue weighted by molar-refractivity contribution is 6.30. The second-order valence-electron chi connectivity index (χ2n) is 5.65. The first-order chi connectivity index (χ1) is 9.10. The van der Waals surface area contributed by atoms with Crippen LogP contribution < -0.4 is 10.5 Å². The summed E-state index contributed by atoms with van der Waals surface area (Å²) in [6.45, 7) is 4.23. The van der Waals surface area contributed by atoms with Crippen molar-refractivity contribution in [3.63, 3.8) is 0 Å². The Morgan fingerprint density at radius 3 is 2.89 bits per heavy atom. The van der Waals surface area contributed by atoms with E-state index in [4.69, 9.17) is 22.1 Å². The largest absolute Gasteiger partial charge is 0.490 e. The van der Waals surface area contributed by atoms with Crippen LogP contribution in [0.1, 0.15) is 57.6 Å². The van der Waals surface area contributed by atoms with E-state index < -0.39 is 0 Å². The van der Waals surface area contributed by atoms with Crippen LogP contribution in [0.5, 0.6) is 5.75 Å². The fourth-order valence-electron chi connectivity index (χ4n) is 2.88. The highest BCUT2D eigenvalue weighted by atomic mass is 35.5. The number of rotatable bonds is 4. The van der Waals surface area contributed by atoms with Gasteiger partial charge in [0.15, 0.2) is 0 Å². The Morgan fingerprint density at radius 2 is 2.21 bits per heavy atom. The molecule has 2 nitrogen and oxygen atoms in total. The van der Waals surface area contributed by atoms with E-state index in [2.05, 4.69) is 6.92 Å². The van der Waals surface area contributed by atoms with Gasteiger partial charge in [-0.1, -0.05) is 31.4 Å². The van der Waals surface area contributed by atoms with Crippen molar-refractivity contribution in [3.05, 3.63) is 28.8 Å². The highest BCUT2D eigenvalue weighted by Crippen LogP contribution is 2.33. The number of benzene rings is 1. The van der Waals surface area contributed by atoms with Gasteiger partial charge in [0.1, 0.15) is 5.75 Å². The minimum absolute atomic E-state index is 0.0562. The summed E-state index contributed by atoms with van der Waals surface area (Å²) in [6.07, 6.45) is 6.51. The van der Waals surface area contributed by atoms with Gasteiger partial charge in [-0.05, 0) is 50.3 Å². The first-order valence-electron chi connectivity index (χ1n) is 7.31. The zero-order valence-corrected chi connectivity index (χ0v) is 12.6. The number of ether oxygens (including phenoxy) is 1. The molecule has 3 unspecified atom stereocenters. The van der Waals surface area contributed by atoms with E-state index in [0.29, 0.717) is 6.10 Å². The van der Waals surface area contributed by atoms with E-state index in [-0.39, 0.29) is 6.04 Å². The molecule has 0 aromatic heterocycles. The van der Waals surface area contributed by atoms with E-state index in [1.165, 1.54) is 19.3 Å². The fourth-order valence-corrected chi connectivity index (χ4v) is 3.06. The van der Waals surface area contributed by atoms with Gasteiger partial charge in [0, 0.05) is 16.6 Å². The monoisotopic (exact) mass is 281 g/mol. The fraction of sp³-hybridized carbons (Fsp3) is 0.625. The maximum atomic E-state index is 6.20. The molecule has 0 amide bonds. The van der Waals surface area contributed by atoms with Gasteiger partial charge < -0.3 is 10.5 Å². The van der Waals surface area contributed by atoms with Gasteiger partial charge in [-0.15, -0.1) is 0 Å². The number of halogens is 1. The summed E-state index contributed by atoms with van der Waals surface area (Å²) >= 11 is 6.04. The number of hydrogen-bond acceptors (Lipinski definition) is 2. The van der Waals surface area contributed by atoms with Crippen LogP contribution in [0.15, 0.2) is 18.2 Å². The molecule has 3 heteroatoms. The van der Waals surface area contributed by atoms with Crippen LogP contribution in [-0.4, -0.2) is 6.10 Å². The van der Waals surface area contributed by atoms with E-state index >= 15 is 0 Å². The molecule has 2 N–H and O–H groups in total. The maximum Gasteiger partial charge on any atom is 0.124 e. The summed E-state index contributed by atoms with van der Waals surface area (Å²) in [6, 6.07) is 5.69. The zero-order chi connectivity index (χ0) is 13.8. The lowest BCUT2D eigenvalue weighted by Crippen LogP contribution is -2.25. The van der Waals surface area contributed by atoms with Gasteiger partial charge in [0.25, 0.3) is 0 Å². The van der Waals surface area contributed by atoms with Crippen molar-refractivity contribution in [2.75, 3.05) is 0 Å². The normalized spacial score (nSPS) is 25.1. The van der Waals surface area contributed by atoms with Gasteiger partial charge in [-0.2, -0.15) is 0 Å². The van der Waals surface area contributed by atoms with Crippen LogP contribution in [0.3, 0.4) is 0 Å². The van der Waals surface area contributed by atoms with Gasteiger partial charge in [0.05, 0.1) is 6.10 Å². The van der Waals surface area contributed by atoms with Crippen LogP contribution in [0.4, 0.5) is 0 Å². The van der Waals surface area contributed by atoms with Crippen LogP contribution in [0, 0.1) is 5.92 Å². The van der Waals surface area contributed by atoms with E-state index in [1.54, 1.807) is 0 Å². The molecule has 19 heavy (non-hydrogen) atoms.